The Kier molecular flexibility index (Phi) is 8.45. The Morgan fingerprint density at radius 2 is 1.97 bits per heavy atom. The zero-order valence-electron chi connectivity index (χ0n) is 17.1. The fourth-order valence-electron chi connectivity index (χ4n) is 3.11. The maximum atomic E-state index is 13.2. The van der Waals surface area contributed by atoms with E-state index in [0.717, 1.165) is 10.2 Å². The number of aromatic nitrogens is 1. The van der Waals surface area contributed by atoms with Crippen LogP contribution in [0.25, 0.3) is 10.2 Å². The van der Waals surface area contributed by atoms with Gasteiger partial charge in [0.2, 0.25) is 5.91 Å². The van der Waals surface area contributed by atoms with Crippen molar-refractivity contribution in [1.82, 2.24) is 10.3 Å². The van der Waals surface area contributed by atoms with Gasteiger partial charge in [0.15, 0.2) is 16.6 Å². The van der Waals surface area contributed by atoms with Crippen molar-refractivity contribution in [1.29, 1.82) is 0 Å². The standard InChI is InChI=1S/C21H28N4O3S/c1-4-16(24-14(3)26)18(27)12-15(8-7-11-23-13(2)22)20(28)21-25-17-9-5-6-10-19(17)29-21/h5-6,9-10,15-16H,4,7-8,11-12H2,1-3H3,(H2,22,23)(H,24,26)/t15-,16+/m1/s1. The number of ketones is 2. The summed E-state index contributed by atoms with van der Waals surface area (Å²) in [4.78, 5) is 45.9. The van der Waals surface area contributed by atoms with E-state index >= 15 is 0 Å². The lowest BCUT2D eigenvalue weighted by atomic mass is 9.90. The molecule has 2 aromatic rings. The molecule has 0 unspecified atom stereocenters. The van der Waals surface area contributed by atoms with Gasteiger partial charge >= 0.3 is 0 Å². The zero-order chi connectivity index (χ0) is 21.4. The van der Waals surface area contributed by atoms with Crippen molar-refractivity contribution in [2.45, 2.75) is 52.5 Å². The third-order valence-corrected chi connectivity index (χ3v) is 5.62. The van der Waals surface area contributed by atoms with Crippen LogP contribution < -0.4 is 11.1 Å². The number of thiazole rings is 1. The molecule has 8 heteroatoms. The fraction of sp³-hybridized carbons (Fsp3) is 0.476. The summed E-state index contributed by atoms with van der Waals surface area (Å²) in [5, 5.41) is 3.08. The number of nitrogens with zero attached hydrogens (tertiary/aromatic N) is 2. The summed E-state index contributed by atoms with van der Waals surface area (Å²) < 4.78 is 0.939. The highest BCUT2D eigenvalue weighted by atomic mass is 32.1. The monoisotopic (exact) mass is 416 g/mol. The third-order valence-electron chi connectivity index (χ3n) is 4.57. The molecule has 0 saturated heterocycles. The van der Waals surface area contributed by atoms with Gasteiger partial charge < -0.3 is 11.1 Å². The minimum absolute atomic E-state index is 0.0683. The normalized spacial score (nSPS) is 13.8. The van der Waals surface area contributed by atoms with Crippen LogP contribution in [0.1, 0.15) is 56.3 Å². The van der Waals surface area contributed by atoms with Crippen molar-refractivity contribution in [2.75, 3.05) is 6.54 Å². The second-order valence-electron chi connectivity index (χ2n) is 7.05. The van der Waals surface area contributed by atoms with Crippen LogP contribution in [0.4, 0.5) is 0 Å². The number of amidine groups is 1. The van der Waals surface area contributed by atoms with E-state index in [2.05, 4.69) is 15.3 Å². The Morgan fingerprint density at radius 3 is 2.59 bits per heavy atom. The van der Waals surface area contributed by atoms with E-state index in [1.807, 2.05) is 31.2 Å². The Labute approximate surface area is 174 Å². The summed E-state index contributed by atoms with van der Waals surface area (Å²) in [7, 11) is 0. The molecule has 1 amide bonds. The second-order valence-corrected chi connectivity index (χ2v) is 8.08. The van der Waals surface area contributed by atoms with E-state index in [1.165, 1.54) is 18.3 Å². The van der Waals surface area contributed by atoms with Gasteiger partial charge in [0, 0.05) is 25.8 Å². The van der Waals surface area contributed by atoms with E-state index in [9.17, 15) is 14.4 Å². The van der Waals surface area contributed by atoms with Crippen molar-refractivity contribution in [2.24, 2.45) is 16.6 Å². The molecule has 2 rings (SSSR count). The molecule has 7 nitrogen and oxygen atoms in total. The number of nitrogens with two attached hydrogens (primary N) is 1. The highest BCUT2D eigenvalue weighted by molar-refractivity contribution is 7.20. The molecule has 0 aliphatic rings. The highest BCUT2D eigenvalue weighted by Crippen LogP contribution is 2.27. The summed E-state index contributed by atoms with van der Waals surface area (Å²) in [5.74, 6) is -0.538. The number of Topliss-reactive ketones (excluding diaryl/α,β-unsaturated/α-hetero) is 2. The van der Waals surface area contributed by atoms with Crippen molar-refractivity contribution >= 4 is 44.9 Å². The van der Waals surface area contributed by atoms with Gasteiger partial charge in [-0.3, -0.25) is 19.4 Å². The summed E-state index contributed by atoms with van der Waals surface area (Å²) in [5.41, 5.74) is 6.35. The predicted octanol–water partition coefficient (Wildman–Crippen LogP) is 3.13. The van der Waals surface area contributed by atoms with Crippen LogP contribution in [0.3, 0.4) is 0 Å². The van der Waals surface area contributed by atoms with Crippen LogP contribution in [0.2, 0.25) is 0 Å². The Bertz CT molecular complexity index is 869. The van der Waals surface area contributed by atoms with Gasteiger partial charge in [-0.2, -0.15) is 0 Å². The summed E-state index contributed by atoms with van der Waals surface area (Å²) in [6.07, 6.45) is 1.70. The van der Waals surface area contributed by atoms with E-state index in [0.29, 0.717) is 36.7 Å². The first-order valence-corrected chi connectivity index (χ1v) is 10.6. The van der Waals surface area contributed by atoms with Crippen LogP contribution >= 0.6 is 11.3 Å². The van der Waals surface area contributed by atoms with Gasteiger partial charge in [0.1, 0.15) is 0 Å². The molecule has 0 aliphatic carbocycles. The van der Waals surface area contributed by atoms with Gasteiger partial charge in [0.25, 0.3) is 0 Å². The van der Waals surface area contributed by atoms with Crippen molar-refractivity contribution in [3.05, 3.63) is 29.3 Å². The van der Waals surface area contributed by atoms with E-state index in [4.69, 9.17) is 5.73 Å². The Balaban J connectivity index is 2.18. The number of hydrogen-bond acceptors (Lipinski definition) is 6. The molecule has 156 valence electrons. The minimum atomic E-state index is -0.581. The maximum Gasteiger partial charge on any atom is 0.217 e. The van der Waals surface area contributed by atoms with Crippen LogP contribution in [-0.4, -0.2) is 40.9 Å². The molecule has 0 fully saturated rings. The van der Waals surface area contributed by atoms with Crippen molar-refractivity contribution < 1.29 is 14.4 Å². The molecule has 1 aromatic carbocycles. The molecule has 0 radical (unpaired) electrons. The first-order chi connectivity index (χ1) is 13.8. The summed E-state index contributed by atoms with van der Waals surface area (Å²) >= 11 is 1.34. The fourth-order valence-corrected chi connectivity index (χ4v) is 4.10. The average molecular weight is 417 g/mol. The number of para-hydroxylation sites is 1. The molecule has 0 bridgehead atoms. The predicted molar refractivity (Wildman–Crippen MR) is 116 cm³/mol. The number of carbonyl (C=O) groups is 3. The number of rotatable bonds is 11. The molecular formula is C21H28N4O3S. The summed E-state index contributed by atoms with van der Waals surface area (Å²) in [6.45, 7) is 5.43. The molecule has 0 aliphatic heterocycles. The molecule has 2 atom stereocenters. The quantitative estimate of drug-likeness (QED) is 0.253. The number of benzene rings is 1. The maximum absolute atomic E-state index is 13.2. The van der Waals surface area contributed by atoms with Crippen molar-refractivity contribution in [3.63, 3.8) is 0 Å². The molecule has 1 heterocycles. The van der Waals surface area contributed by atoms with Crippen molar-refractivity contribution in [3.8, 4) is 0 Å². The SMILES string of the molecule is CC[C@H](NC(C)=O)C(=O)C[C@@H](CCCN=C(C)N)C(=O)c1nc2ccccc2s1. The highest BCUT2D eigenvalue weighted by Gasteiger charge is 2.28. The average Bonchev–Trinajstić information content (AvgIpc) is 3.11. The zero-order valence-corrected chi connectivity index (χ0v) is 17.9. The topological polar surface area (TPSA) is 115 Å². The second kappa shape index (κ2) is 10.8. The van der Waals surface area contributed by atoms with E-state index in [-0.39, 0.29) is 23.9 Å². The number of hydrogen-bond donors (Lipinski definition) is 2. The lowest BCUT2D eigenvalue weighted by Crippen LogP contribution is -2.40. The minimum Gasteiger partial charge on any atom is -0.388 e. The third kappa shape index (κ3) is 6.74. The molecule has 0 saturated carbocycles. The first kappa shape index (κ1) is 22.7. The first-order valence-electron chi connectivity index (χ1n) is 9.78. The lowest BCUT2D eigenvalue weighted by molar-refractivity contribution is -0.127. The van der Waals surface area contributed by atoms with Gasteiger partial charge in [-0.15, -0.1) is 11.3 Å². The molecule has 3 N–H and O–H groups in total. The molecule has 29 heavy (non-hydrogen) atoms. The van der Waals surface area contributed by atoms with E-state index in [1.54, 1.807) is 6.92 Å². The summed E-state index contributed by atoms with van der Waals surface area (Å²) in [6, 6.07) is 6.99. The van der Waals surface area contributed by atoms with Gasteiger partial charge in [-0.25, -0.2) is 4.98 Å². The van der Waals surface area contributed by atoms with Crippen LogP contribution in [0.15, 0.2) is 29.3 Å². The van der Waals surface area contributed by atoms with Crippen LogP contribution in [0.5, 0.6) is 0 Å². The number of nitrogens with one attached hydrogen (secondary N) is 1. The molecular weight excluding hydrogens is 388 g/mol. The van der Waals surface area contributed by atoms with Crippen LogP contribution in [-0.2, 0) is 9.59 Å². The van der Waals surface area contributed by atoms with Gasteiger partial charge in [0.05, 0.1) is 22.1 Å². The lowest BCUT2D eigenvalue weighted by Gasteiger charge is -2.19. The molecule has 1 aromatic heterocycles. The number of amides is 1. The number of fused-ring (bicyclic) bond motifs is 1. The smallest absolute Gasteiger partial charge is 0.217 e. The Hall–Kier alpha value is -2.61. The van der Waals surface area contributed by atoms with Gasteiger partial charge in [-0.1, -0.05) is 19.1 Å². The molecule has 0 spiro atoms. The van der Waals surface area contributed by atoms with Gasteiger partial charge in [-0.05, 0) is 38.3 Å². The van der Waals surface area contributed by atoms with E-state index < -0.39 is 12.0 Å². The number of aliphatic imine (C=N–C) groups is 1. The number of carbonyl (C=O) groups excluding carboxylic acids is 3. The largest absolute Gasteiger partial charge is 0.388 e. The van der Waals surface area contributed by atoms with Crippen LogP contribution in [0, 0.1) is 5.92 Å². The Morgan fingerprint density at radius 1 is 1.24 bits per heavy atom.